The molecule has 1 atom stereocenters. The van der Waals surface area contributed by atoms with Crippen molar-refractivity contribution in [2.45, 2.75) is 18.9 Å². The number of piperidine rings is 1. The first-order valence-electron chi connectivity index (χ1n) is 7.35. The van der Waals surface area contributed by atoms with E-state index in [1.165, 1.54) is 12.3 Å². The van der Waals surface area contributed by atoms with E-state index in [-0.39, 0.29) is 18.2 Å². The quantitative estimate of drug-likeness (QED) is 0.673. The summed E-state index contributed by atoms with van der Waals surface area (Å²) in [5.41, 5.74) is 0.436. The second kappa shape index (κ2) is 6.27. The minimum atomic E-state index is -0.538. The fraction of sp³-hybridized carbons (Fsp3) is 0.500. The van der Waals surface area contributed by atoms with E-state index in [1.807, 2.05) is 4.90 Å². The van der Waals surface area contributed by atoms with Gasteiger partial charge in [-0.05, 0) is 6.42 Å². The van der Waals surface area contributed by atoms with Crippen LogP contribution in [0.5, 0.6) is 0 Å². The lowest BCUT2D eigenvalue weighted by atomic mass is 10.1. The number of pyridine rings is 1. The predicted octanol–water partition coefficient (Wildman–Crippen LogP) is -0.153. The van der Waals surface area contributed by atoms with Crippen molar-refractivity contribution in [2.24, 2.45) is 0 Å². The normalized spacial score (nSPS) is 22.4. The summed E-state index contributed by atoms with van der Waals surface area (Å²) >= 11 is 0. The Balaban J connectivity index is 1.69. The highest BCUT2D eigenvalue weighted by atomic mass is 19.1. The Morgan fingerprint density at radius 1 is 1.32 bits per heavy atom. The number of hydrogen-bond acceptors (Lipinski definition) is 6. The summed E-state index contributed by atoms with van der Waals surface area (Å²) in [5.74, 6) is -0.751. The van der Waals surface area contributed by atoms with Crippen molar-refractivity contribution < 1.29 is 14.0 Å². The summed E-state index contributed by atoms with van der Waals surface area (Å²) in [7, 11) is 0. The van der Waals surface area contributed by atoms with Gasteiger partial charge in [0.05, 0.1) is 11.9 Å². The van der Waals surface area contributed by atoms with E-state index < -0.39 is 11.9 Å². The molecule has 2 aliphatic heterocycles. The Labute approximate surface area is 127 Å². The van der Waals surface area contributed by atoms with Crippen LogP contribution in [-0.4, -0.2) is 49.0 Å². The van der Waals surface area contributed by atoms with Gasteiger partial charge >= 0.3 is 0 Å². The molecule has 0 aromatic carbocycles. The molecule has 7 nitrogen and oxygen atoms in total. The lowest BCUT2D eigenvalue weighted by Gasteiger charge is -2.29. The lowest BCUT2D eigenvalue weighted by Crippen LogP contribution is -2.47. The molecule has 2 saturated heterocycles. The van der Waals surface area contributed by atoms with E-state index in [1.54, 1.807) is 0 Å². The van der Waals surface area contributed by atoms with E-state index in [0.717, 1.165) is 13.1 Å². The van der Waals surface area contributed by atoms with Crippen molar-refractivity contribution in [3.8, 4) is 0 Å². The van der Waals surface area contributed by atoms with Gasteiger partial charge in [0.2, 0.25) is 11.8 Å². The van der Waals surface area contributed by atoms with Gasteiger partial charge in [0.15, 0.2) is 11.6 Å². The van der Waals surface area contributed by atoms with Crippen LogP contribution in [0.1, 0.15) is 12.8 Å². The molecule has 0 aliphatic carbocycles. The van der Waals surface area contributed by atoms with Crippen LogP contribution in [0.4, 0.5) is 15.9 Å². The van der Waals surface area contributed by atoms with Crippen LogP contribution in [-0.2, 0) is 9.59 Å². The lowest BCUT2D eigenvalue weighted by molar-refractivity contribution is -0.133. The Hall–Kier alpha value is -2.22. The number of anilines is 2. The Morgan fingerprint density at radius 2 is 2.09 bits per heavy atom. The highest BCUT2D eigenvalue weighted by molar-refractivity contribution is 6.01. The fourth-order valence-electron chi connectivity index (χ4n) is 2.65. The number of carbonyl (C=O) groups is 2. The molecule has 0 saturated carbocycles. The monoisotopic (exact) mass is 307 g/mol. The van der Waals surface area contributed by atoms with Gasteiger partial charge in [0.25, 0.3) is 0 Å². The molecular formula is C14H18FN5O2. The van der Waals surface area contributed by atoms with Gasteiger partial charge in [0, 0.05) is 38.7 Å². The van der Waals surface area contributed by atoms with Crippen molar-refractivity contribution in [3.05, 3.63) is 18.1 Å². The molecule has 2 aliphatic rings. The molecule has 3 N–H and O–H groups in total. The Bertz CT molecular complexity index is 589. The third-order valence-corrected chi connectivity index (χ3v) is 3.82. The zero-order chi connectivity index (χ0) is 15.5. The van der Waals surface area contributed by atoms with Gasteiger partial charge in [-0.2, -0.15) is 0 Å². The summed E-state index contributed by atoms with van der Waals surface area (Å²) in [5, 5.41) is 8.38. The Kier molecular flexibility index (Phi) is 4.19. The zero-order valence-electron chi connectivity index (χ0n) is 12.1. The maximum absolute atomic E-state index is 14.2. The third-order valence-electron chi connectivity index (χ3n) is 3.82. The van der Waals surface area contributed by atoms with Crippen LogP contribution in [0.2, 0.25) is 0 Å². The smallest absolute Gasteiger partial charge is 0.249 e. The van der Waals surface area contributed by atoms with E-state index >= 15 is 0 Å². The summed E-state index contributed by atoms with van der Waals surface area (Å²) in [6.07, 6.45) is 2.19. The molecule has 118 valence electrons. The molecule has 1 aromatic rings. The summed E-state index contributed by atoms with van der Waals surface area (Å²) < 4.78 is 14.2. The van der Waals surface area contributed by atoms with Crippen molar-refractivity contribution in [2.75, 3.05) is 36.4 Å². The highest BCUT2D eigenvalue weighted by Gasteiger charge is 2.26. The van der Waals surface area contributed by atoms with Crippen LogP contribution in [0.25, 0.3) is 0 Å². The van der Waals surface area contributed by atoms with Crippen LogP contribution < -0.4 is 20.9 Å². The summed E-state index contributed by atoms with van der Waals surface area (Å²) in [6.45, 7) is 3.03. The van der Waals surface area contributed by atoms with E-state index in [4.69, 9.17) is 0 Å². The molecular weight excluding hydrogens is 289 g/mol. The maximum atomic E-state index is 14.2. The maximum Gasteiger partial charge on any atom is 0.249 e. The molecule has 0 spiro atoms. The van der Waals surface area contributed by atoms with Crippen LogP contribution in [0.3, 0.4) is 0 Å². The molecule has 22 heavy (non-hydrogen) atoms. The average Bonchev–Trinajstić information content (AvgIpc) is 2.51. The standard InChI is InChI=1S/C14H18FN5O2/c15-10-7-9(18-11-1-2-12(21)19-14(11)22)8-17-13(10)20-5-3-16-4-6-20/h7-8,11,16,18H,1-6H2,(H,19,21,22). The topological polar surface area (TPSA) is 86.4 Å². The van der Waals surface area contributed by atoms with Crippen molar-refractivity contribution in [1.29, 1.82) is 0 Å². The molecule has 2 amide bonds. The van der Waals surface area contributed by atoms with Crippen molar-refractivity contribution >= 4 is 23.3 Å². The molecule has 0 bridgehead atoms. The number of carbonyl (C=O) groups excluding carboxylic acids is 2. The van der Waals surface area contributed by atoms with Gasteiger partial charge in [-0.3, -0.25) is 14.9 Å². The van der Waals surface area contributed by atoms with Crippen LogP contribution in [0.15, 0.2) is 12.3 Å². The minimum Gasteiger partial charge on any atom is -0.372 e. The molecule has 1 unspecified atom stereocenters. The second-order valence-electron chi connectivity index (χ2n) is 5.41. The second-order valence-corrected chi connectivity index (χ2v) is 5.41. The Morgan fingerprint density at radius 3 is 2.77 bits per heavy atom. The van der Waals surface area contributed by atoms with Crippen LogP contribution in [0, 0.1) is 5.82 Å². The molecule has 3 rings (SSSR count). The summed E-state index contributed by atoms with van der Waals surface area (Å²) in [4.78, 5) is 28.8. The minimum absolute atomic E-state index is 0.276. The number of aromatic nitrogens is 1. The largest absolute Gasteiger partial charge is 0.372 e. The number of piperazine rings is 1. The molecule has 1 aromatic heterocycles. The number of nitrogens with one attached hydrogen (secondary N) is 3. The first kappa shape index (κ1) is 14.7. The highest BCUT2D eigenvalue weighted by Crippen LogP contribution is 2.21. The van der Waals surface area contributed by atoms with Gasteiger partial charge in [-0.25, -0.2) is 9.37 Å². The molecule has 0 radical (unpaired) electrons. The van der Waals surface area contributed by atoms with Crippen LogP contribution >= 0.6 is 0 Å². The predicted molar refractivity (Wildman–Crippen MR) is 79.1 cm³/mol. The molecule has 8 heteroatoms. The molecule has 3 heterocycles. The molecule has 2 fully saturated rings. The zero-order valence-corrected chi connectivity index (χ0v) is 12.1. The number of imide groups is 1. The number of nitrogens with zero attached hydrogens (tertiary/aromatic N) is 2. The van der Waals surface area contributed by atoms with Crippen molar-refractivity contribution in [3.63, 3.8) is 0 Å². The SMILES string of the molecule is O=C1CCC(Nc2cnc(N3CCNCC3)c(F)c2)C(=O)N1. The van der Waals surface area contributed by atoms with E-state index in [2.05, 4.69) is 20.9 Å². The number of rotatable bonds is 3. The van der Waals surface area contributed by atoms with Crippen molar-refractivity contribution in [1.82, 2.24) is 15.6 Å². The van der Waals surface area contributed by atoms with Gasteiger partial charge < -0.3 is 15.5 Å². The number of halogens is 1. The first-order chi connectivity index (χ1) is 10.6. The van der Waals surface area contributed by atoms with E-state index in [9.17, 15) is 14.0 Å². The summed E-state index contributed by atoms with van der Waals surface area (Å²) in [6, 6.07) is 0.803. The fourth-order valence-corrected chi connectivity index (χ4v) is 2.65. The first-order valence-corrected chi connectivity index (χ1v) is 7.35. The van der Waals surface area contributed by atoms with Gasteiger partial charge in [-0.15, -0.1) is 0 Å². The number of hydrogen-bond donors (Lipinski definition) is 3. The third kappa shape index (κ3) is 3.16. The van der Waals surface area contributed by atoms with E-state index in [0.29, 0.717) is 31.0 Å². The average molecular weight is 307 g/mol. The van der Waals surface area contributed by atoms with Gasteiger partial charge in [-0.1, -0.05) is 0 Å². The number of amides is 2. The van der Waals surface area contributed by atoms with Gasteiger partial charge in [0.1, 0.15) is 6.04 Å².